The quantitative estimate of drug-likeness (QED) is 0.650. The fraction of sp³-hybridized carbons (Fsp3) is 0.318. The molecule has 0 saturated carbocycles. The molecule has 0 saturated heterocycles. The van der Waals surface area contributed by atoms with Gasteiger partial charge in [-0.2, -0.15) is 18.3 Å². The van der Waals surface area contributed by atoms with Crippen LogP contribution in [0, 0.1) is 0 Å². The smallest absolute Gasteiger partial charge is 0.416 e. The van der Waals surface area contributed by atoms with Gasteiger partial charge in [-0.05, 0) is 49.6 Å². The second-order valence-electron chi connectivity index (χ2n) is 7.10. The number of para-hydroxylation sites is 1. The molecule has 1 aliphatic rings. The molecule has 1 aliphatic heterocycles. The fourth-order valence-electron chi connectivity index (χ4n) is 3.72. The number of nitrogens with one attached hydrogen (secondary N) is 1. The van der Waals surface area contributed by atoms with E-state index in [0.717, 1.165) is 66.3 Å². The van der Waals surface area contributed by atoms with Crippen molar-refractivity contribution in [2.45, 2.75) is 31.9 Å². The largest absolute Gasteiger partial charge is 0.496 e. The summed E-state index contributed by atoms with van der Waals surface area (Å²) in [5.74, 6) is 1.67. The lowest BCUT2D eigenvalue weighted by atomic mass is 10.0. The Bertz CT molecular complexity index is 994. The maximum atomic E-state index is 12.9. The number of rotatable bonds is 4. The maximum absolute atomic E-state index is 12.9. The first-order valence-electron chi connectivity index (χ1n) is 9.61. The summed E-state index contributed by atoms with van der Waals surface area (Å²) >= 11 is 0. The van der Waals surface area contributed by atoms with Gasteiger partial charge in [-0.1, -0.05) is 18.2 Å². The average molecular weight is 401 g/mol. The zero-order valence-corrected chi connectivity index (χ0v) is 16.1. The van der Waals surface area contributed by atoms with Crippen LogP contribution in [0.5, 0.6) is 5.75 Å². The SMILES string of the molecule is COc1ccccc1Cc1nn(-c2ccc(C(F)(F)F)cc2)c2c1CCCCN2. The van der Waals surface area contributed by atoms with Gasteiger partial charge in [-0.25, -0.2) is 4.68 Å². The van der Waals surface area contributed by atoms with Gasteiger partial charge in [-0.3, -0.25) is 0 Å². The number of halogens is 3. The molecule has 1 N–H and O–H groups in total. The lowest BCUT2D eigenvalue weighted by Crippen LogP contribution is -2.08. The summed E-state index contributed by atoms with van der Waals surface area (Å²) in [6.07, 6.45) is -0.796. The fourth-order valence-corrected chi connectivity index (χ4v) is 3.72. The molecule has 0 bridgehead atoms. The van der Waals surface area contributed by atoms with Crippen molar-refractivity contribution in [3.8, 4) is 11.4 Å². The van der Waals surface area contributed by atoms with Crippen LogP contribution in [-0.2, 0) is 19.0 Å². The second kappa shape index (κ2) is 7.81. The van der Waals surface area contributed by atoms with Gasteiger partial charge in [0.1, 0.15) is 11.6 Å². The van der Waals surface area contributed by atoms with Gasteiger partial charge in [0, 0.05) is 24.1 Å². The Morgan fingerprint density at radius 1 is 1.07 bits per heavy atom. The Morgan fingerprint density at radius 3 is 2.55 bits per heavy atom. The van der Waals surface area contributed by atoms with Crippen molar-refractivity contribution in [1.29, 1.82) is 0 Å². The molecule has 0 atom stereocenters. The first-order valence-corrected chi connectivity index (χ1v) is 9.61. The zero-order valence-electron chi connectivity index (χ0n) is 16.1. The third kappa shape index (κ3) is 3.95. The van der Waals surface area contributed by atoms with Crippen molar-refractivity contribution in [2.24, 2.45) is 0 Å². The molecule has 4 rings (SSSR count). The summed E-state index contributed by atoms with van der Waals surface area (Å²) < 4.78 is 46.0. The molecule has 2 aromatic carbocycles. The van der Waals surface area contributed by atoms with Gasteiger partial charge >= 0.3 is 6.18 Å². The van der Waals surface area contributed by atoms with Gasteiger partial charge < -0.3 is 10.1 Å². The number of alkyl halides is 3. The minimum Gasteiger partial charge on any atom is -0.496 e. The van der Waals surface area contributed by atoms with Crippen molar-refractivity contribution in [2.75, 3.05) is 19.0 Å². The van der Waals surface area contributed by atoms with E-state index in [1.54, 1.807) is 11.8 Å². The van der Waals surface area contributed by atoms with E-state index in [1.807, 2.05) is 24.3 Å². The van der Waals surface area contributed by atoms with Crippen LogP contribution >= 0.6 is 0 Å². The minimum atomic E-state index is -4.35. The van der Waals surface area contributed by atoms with E-state index < -0.39 is 11.7 Å². The van der Waals surface area contributed by atoms with Crippen LogP contribution in [0.15, 0.2) is 48.5 Å². The van der Waals surface area contributed by atoms with Crippen molar-refractivity contribution in [1.82, 2.24) is 9.78 Å². The maximum Gasteiger partial charge on any atom is 0.416 e. The number of aromatic nitrogens is 2. The van der Waals surface area contributed by atoms with Crippen LogP contribution in [0.3, 0.4) is 0 Å². The van der Waals surface area contributed by atoms with E-state index >= 15 is 0 Å². The van der Waals surface area contributed by atoms with Crippen molar-refractivity contribution in [3.63, 3.8) is 0 Å². The predicted octanol–water partition coefficient (Wildman–Crippen LogP) is 5.24. The third-order valence-electron chi connectivity index (χ3n) is 5.20. The number of hydrogen-bond donors (Lipinski definition) is 1. The number of ether oxygens (including phenoxy) is 1. The van der Waals surface area contributed by atoms with Gasteiger partial charge in [-0.15, -0.1) is 0 Å². The monoisotopic (exact) mass is 401 g/mol. The van der Waals surface area contributed by atoms with E-state index in [2.05, 4.69) is 5.32 Å². The third-order valence-corrected chi connectivity index (χ3v) is 5.20. The van der Waals surface area contributed by atoms with Crippen LogP contribution < -0.4 is 10.1 Å². The molecule has 4 nitrogen and oxygen atoms in total. The number of anilines is 1. The minimum absolute atomic E-state index is 0.599. The van der Waals surface area contributed by atoms with Crippen LogP contribution in [0.2, 0.25) is 0 Å². The first-order chi connectivity index (χ1) is 14.0. The number of nitrogens with zero attached hydrogens (tertiary/aromatic N) is 2. The molecule has 1 aromatic heterocycles. The van der Waals surface area contributed by atoms with Crippen molar-refractivity contribution >= 4 is 5.82 Å². The molecule has 0 unspecified atom stereocenters. The summed E-state index contributed by atoms with van der Waals surface area (Å²) in [5, 5.41) is 8.20. The van der Waals surface area contributed by atoms with E-state index in [4.69, 9.17) is 9.84 Å². The Hall–Kier alpha value is -2.96. The summed E-state index contributed by atoms with van der Waals surface area (Å²) in [5.41, 5.74) is 3.00. The van der Waals surface area contributed by atoms with Gasteiger partial charge in [0.05, 0.1) is 24.1 Å². The summed E-state index contributed by atoms with van der Waals surface area (Å²) in [6.45, 7) is 0.813. The van der Waals surface area contributed by atoms with Gasteiger partial charge in [0.25, 0.3) is 0 Å². The van der Waals surface area contributed by atoms with Crippen molar-refractivity contribution in [3.05, 3.63) is 70.9 Å². The average Bonchev–Trinajstić information content (AvgIpc) is 2.89. The van der Waals surface area contributed by atoms with Crippen LogP contribution in [0.4, 0.5) is 19.0 Å². The molecule has 2 heterocycles. The highest BCUT2D eigenvalue weighted by Gasteiger charge is 2.30. The molecular weight excluding hydrogens is 379 g/mol. The standard InChI is InChI=1S/C22H22F3N3O/c1-29-20-8-3-2-6-15(20)14-19-18-7-4-5-13-26-21(18)28(27-19)17-11-9-16(10-12-17)22(23,24)25/h2-3,6,8-12,26H,4-5,7,13-14H2,1H3. The summed E-state index contributed by atoms with van der Waals surface area (Å²) in [4.78, 5) is 0. The number of fused-ring (bicyclic) bond motifs is 1. The number of methoxy groups -OCH3 is 1. The Morgan fingerprint density at radius 2 is 1.83 bits per heavy atom. The molecule has 7 heteroatoms. The Balaban J connectivity index is 1.75. The normalized spacial score (nSPS) is 14.1. The van der Waals surface area contributed by atoms with Crippen LogP contribution in [0.1, 0.15) is 35.2 Å². The molecule has 0 amide bonds. The predicted molar refractivity (Wildman–Crippen MR) is 106 cm³/mol. The zero-order chi connectivity index (χ0) is 20.4. The topological polar surface area (TPSA) is 39.1 Å². The Kier molecular flexibility index (Phi) is 5.22. The summed E-state index contributed by atoms with van der Waals surface area (Å²) in [7, 11) is 1.64. The highest BCUT2D eigenvalue weighted by atomic mass is 19.4. The molecule has 0 spiro atoms. The molecule has 0 fully saturated rings. The van der Waals surface area contributed by atoms with Gasteiger partial charge in [0.15, 0.2) is 0 Å². The Labute approximate surface area is 167 Å². The van der Waals surface area contributed by atoms with Crippen LogP contribution in [0.25, 0.3) is 5.69 Å². The van der Waals surface area contributed by atoms with Crippen LogP contribution in [-0.4, -0.2) is 23.4 Å². The second-order valence-corrected chi connectivity index (χ2v) is 7.10. The molecule has 29 heavy (non-hydrogen) atoms. The van der Waals surface area contributed by atoms with Gasteiger partial charge in [0.2, 0.25) is 0 Å². The first kappa shape index (κ1) is 19.4. The highest BCUT2D eigenvalue weighted by molar-refractivity contribution is 5.55. The lowest BCUT2D eigenvalue weighted by molar-refractivity contribution is -0.137. The number of benzene rings is 2. The van der Waals surface area contributed by atoms with E-state index in [9.17, 15) is 13.2 Å². The van der Waals surface area contributed by atoms with E-state index in [0.29, 0.717) is 12.1 Å². The molecule has 0 radical (unpaired) electrons. The van der Waals surface area contributed by atoms with E-state index in [1.165, 1.54) is 12.1 Å². The molecule has 0 aliphatic carbocycles. The highest BCUT2D eigenvalue weighted by Crippen LogP contribution is 2.33. The molecule has 3 aromatic rings. The lowest BCUT2D eigenvalue weighted by Gasteiger charge is -2.11. The number of hydrogen-bond acceptors (Lipinski definition) is 3. The molecule has 152 valence electrons. The van der Waals surface area contributed by atoms with E-state index in [-0.39, 0.29) is 0 Å². The summed E-state index contributed by atoms with van der Waals surface area (Å²) in [6, 6.07) is 12.9. The molecular formula is C22H22F3N3O. The van der Waals surface area contributed by atoms with Crippen molar-refractivity contribution < 1.29 is 17.9 Å².